The number of carbonyl (C=O) groups is 1. The fourth-order valence-corrected chi connectivity index (χ4v) is 4.67. The molecule has 1 aliphatic rings. The fourth-order valence-electron chi connectivity index (χ4n) is 3.89. The molecular formula is C26H25N5O3S. The van der Waals surface area contributed by atoms with Crippen LogP contribution in [-0.4, -0.2) is 50.7 Å². The first-order valence-electron chi connectivity index (χ1n) is 11.3. The van der Waals surface area contributed by atoms with Gasteiger partial charge in [-0.15, -0.1) is 10.2 Å². The number of nitrogens with zero attached hydrogens (tertiary/aromatic N) is 4. The van der Waals surface area contributed by atoms with Gasteiger partial charge in [-0.2, -0.15) is 0 Å². The Morgan fingerprint density at radius 3 is 2.77 bits per heavy atom. The Hall–Kier alpha value is -3.85. The van der Waals surface area contributed by atoms with Crippen LogP contribution in [0.25, 0.3) is 17.1 Å². The zero-order valence-corrected chi connectivity index (χ0v) is 20.3. The van der Waals surface area contributed by atoms with Crippen LogP contribution >= 0.6 is 11.8 Å². The molecule has 0 radical (unpaired) electrons. The minimum atomic E-state index is -0.241. The van der Waals surface area contributed by atoms with E-state index in [1.165, 1.54) is 17.3 Å². The second-order valence-corrected chi connectivity index (χ2v) is 9.21. The van der Waals surface area contributed by atoms with Gasteiger partial charge in [-0.25, -0.2) is 0 Å². The van der Waals surface area contributed by atoms with E-state index < -0.39 is 0 Å². The largest absolute Gasteiger partial charge is 0.486 e. The van der Waals surface area contributed by atoms with Gasteiger partial charge in [0.15, 0.2) is 22.5 Å². The second-order valence-electron chi connectivity index (χ2n) is 8.26. The highest BCUT2D eigenvalue weighted by Crippen LogP contribution is 2.31. The number of fused-ring (bicyclic) bond motifs is 1. The van der Waals surface area contributed by atoms with Crippen molar-refractivity contribution in [2.45, 2.75) is 25.1 Å². The van der Waals surface area contributed by atoms with Gasteiger partial charge in [0.2, 0.25) is 5.91 Å². The summed E-state index contributed by atoms with van der Waals surface area (Å²) in [4.78, 5) is 16.9. The van der Waals surface area contributed by atoms with E-state index in [1.807, 2.05) is 41.0 Å². The van der Waals surface area contributed by atoms with Gasteiger partial charge in [0.05, 0.1) is 18.0 Å². The molecule has 1 aliphatic heterocycles. The maximum atomic E-state index is 12.6. The van der Waals surface area contributed by atoms with E-state index >= 15 is 0 Å². The summed E-state index contributed by atoms with van der Waals surface area (Å²) in [6, 6.07) is 17.6. The molecule has 4 aromatic rings. The van der Waals surface area contributed by atoms with Gasteiger partial charge in [-0.05, 0) is 49.7 Å². The van der Waals surface area contributed by atoms with E-state index in [-0.39, 0.29) is 17.8 Å². The van der Waals surface area contributed by atoms with Crippen molar-refractivity contribution in [3.8, 4) is 28.6 Å². The zero-order valence-electron chi connectivity index (χ0n) is 19.5. The van der Waals surface area contributed by atoms with Crippen molar-refractivity contribution in [3.63, 3.8) is 0 Å². The quantitative estimate of drug-likeness (QED) is 0.394. The topological polar surface area (TPSA) is 91.2 Å². The van der Waals surface area contributed by atoms with Crippen LogP contribution in [0.3, 0.4) is 0 Å². The number of carbonyl (C=O) groups excluding carboxylic acids is 1. The molecule has 2 aromatic carbocycles. The van der Waals surface area contributed by atoms with Crippen molar-refractivity contribution >= 4 is 17.7 Å². The number of hydrogen-bond acceptors (Lipinski definition) is 7. The monoisotopic (exact) mass is 487 g/mol. The van der Waals surface area contributed by atoms with Crippen LogP contribution in [0.15, 0.2) is 72.1 Å². The molecule has 0 fully saturated rings. The number of nitrogens with one attached hydrogen (secondary N) is 1. The van der Waals surface area contributed by atoms with Crippen molar-refractivity contribution in [1.82, 2.24) is 25.1 Å². The molecule has 0 spiro atoms. The van der Waals surface area contributed by atoms with Crippen LogP contribution in [0.4, 0.5) is 0 Å². The van der Waals surface area contributed by atoms with Gasteiger partial charge in [0, 0.05) is 18.0 Å². The number of aryl methyl sites for hydroxylation is 2. The lowest BCUT2D eigenvalue weighted by Crippen LogP contribution is -2.41. The minimum Gasteiger partial charge on any atom is -0.486 e. The number of aromatic nitrogens is 4. The Kier molecular flexibility index (Phi) is 6.67. The number of thioether (sulfide) groups is 1. The Balaban J connectivity index is 1.29. The molecular weight excluding hydrogens is 462 g/mol. The number of para-hydroxylation sites is 2. The average molecular weight is 488 g/mol. The molecule has 1 amide bonds. The first kappa shape index (κ1) is 22.9. The molecule has 3 heterocycles. The molecule has 178 valence electrons. The molecule has 5 rings (SSSR count). The van der Waals surface area contributed by atoms with E-state index in [1.54, 1.807) is 12.4 Å². The van der Waals surface area contributed by atoms with Crippen LogP contribution < -0.4 is 14.8 Å². The summed E-state index contributed by atoms with van der Waals surface area (Å²) in [6.45, 7) is 4.86. The minimum absolute atomic E-state index is 0.115. The van der Waals surface area contributed by atoms with Crippen LogP contribution in [0.1, 0.15) is 11.1 Å². The summed E-state index contributed by atoms with van der Waals surface area (Å²) >= 11 is 1.34. The summed E-state index contributed by atoms with van der Waals surface area (Å²) < 4.78 is 13.6. The zero-order chi connectivity index (χ0) is 24.2. The number of rotatable bonds is 7. The third kappa shape index (κ3) is 5.14. The summed E-state index contributed by atoms with van der Waals surface area (Å²) in [7, 11) is 0. The van der Waals surface area contributed by atoms with Crippen LogP contribution in [0.5, 0.6) is 11.5 Å². The molecule has 1 unspecified atom stereocenters. The fraction of sp³-hybridized carbons (Fsp3) is 0.231. The SMILES string of the molecule is Cc1ccc(-n2c(SCC(=O)NCC3COc4ccccc4O3)nnc2-c2cccnc2)c(C)c1. The van der Waals surface area contributed by atoms with Gasteiger partial charge in [-0.1, -0.05) is 41.6 Å². The number of amides is 1. The van der Waals surface area contributed by atoms with E-state index in [4.69, 9.17) is 9.47 Å². The molecule has 1 atom stereocenters. The molecule has 1 N–H and O–H groups in total. The van der Waals surface area contributed by atoms with Crippen molar-refractivity contribution < 1.29 is 14.3 Å². The molecule has 0 bridgehead atoms. The highest BCUT2D eigenvalue weighted by molar-refractivity contribution is 7.99. The lowest BCUT2D eigenvalue weighted by molar-refractivity contribution is -0.119. The van der Waals surface area contributed by atoms with Crippen molar-refractivity contribution in [2.75, 3.05) is 18.9 Å². The highest BCUT2D eigenvalue weighted by Gasteiger charge is 2.22. The van der Waals surface area contributed by atoms with Crippen LogP contribution in [0, 0.1) is 13.8 Å². The number of benzene rings is 2. The van der Waals surface area contributed by atoms with Crippen molar-refractivity contribution in [2.24, 2.45) is 0 Å². The van der Waals surface area contributed by atoms with Gasteiger partial charge >= 0.3 is 0 Å². The van der Waals surface area contributed by atoms with E-state index in [0.29, 0.717) is 29.9 Å². The predicted octanol–water partition coefficient (Wildman–Crippen LogP) is 3.99. The lowest BCUT2D eigenvalue weighted by Gasteiger charge is -2.26. The maximum absolute atomic E-state index is 12.6. The smallest absolute Gasteiger partial charge is 0.230 e. The Bertz CT molecular complexity index is 1340. The van der Waals surface area contributed by atoms with Crippen molar-refractivity contribution in [3.05, 3.63) is 78.1 Å². The molecule has 0 saturated heterocycles. The summed E-state index contributed by atoms with van der Waals surface area (Å²) in [5.74, 6) is 2.17. The Morgan fingerprint density at radius 1 is 1.11 bits per heavy atom. The summed E-state index contributed by atoms with van der Waals surface area (Å²) in [6.07, 6.45) is 3.24. The second kappa shape index (κ2) is 10.2. The van der Waals surface area contributed by atoms with Crippen LogP contribution in [-0.2, 0) is 4.79 Å². The van der Waals surface area contributed by atoms with Gasteiger partial charge in [0.25, 0.3) is 0 Å². The van der Waals surface area contributed by atoms with E-state index in [0.717, 1.165) is 22.6 Å². The molecule has 9 heteroatoms. The molecule has 8 nitrogen and oxygen atoms in total. The summed E-state index contributed by atoms with van der Waals surface area (Å²) in [5, 5.41) is 12.4. The van der Waals surface area contributed by atoms with Crippen molar-refractivity contribution in [1.29, 1.82) is 0 Å². The molecule has 2 aromatic heterocycles. The molecule has 0 aliphatic carbocycles. The van der Waals surface area contributed by atoms with Crippen LogP contribution in [0.2, 0.25) is 0 Å². The highest BCUT2D eigenvalue weighted by atomic mass is 32.2. The third-order valence-corrected chi connectivity index (χ3v) is 6.50. The third-order valence-electron chi connectivity index (χ3n) is 5.57. The average Bonchev–Trinajstić information content (AvgIpc) is 3.30. The number of ether oxygens (including phenoxy) is 2. The molecule has 35 heavy (non-hydrogen) atoms. The van der Waals surface area contributed by atoms with E-state index in [9.17, 15) is 4.79 Å². The maximum Gasteiger partial charge on any atom is 0.230 e. The van der Waals surface area contributed by atoms with Gasteiger partial charge < -0.3 is 14.8 Å². The Labute approximate surface area is 207 Å². The summed E-state index contributed by atoms with van der Waals surface area (Å²) in [5.41, 5.74) is 4.09. The predicted molar refractivity (Wildman–Crippen MR) is 134 cm³/mol. The van der Waals surface area contributed by atoms with Gasteiger partial charge in [0.1, 0.15) is 12.7 Å². The van der Waals surface area contributed by atoms with E-state index in [2.05, 4.69) is 52.5 Å². The first-order valence-corrected chi connectivity index (χ1v) is 12.3. The number of pyridine rings is 1. The standard InChI is InChI=1S/C26H25N5O3S/c1-17-9-10-21(18(2)12-17)31-25(19-6-5-11-27-13-19)29-30-26(31)35-16-24(32)28-14-20-15-33-22-7-3-4-8-23(22)34-20/h3-13,20H,14-16H2,1-2H3,(H,28,32). The lowest BCUT2D eigenvalue weighted by atomic mass is 10.1. The number of hydrogen-bond donors (Lipinski definition) is 1. The normalized spacial score (nSPS) is 14.5. The first-order chi connectivity index (χ1) is 17.1. The Morgan fingerprint density at radius 2 is 1.97 bits per heavy atom. The van der Waals surface area contributed by atoms with Gasteiger partial charge in [-0.3, -0.25) is 14.3 Å². The molecule has 0 saturated carbocycles.